The molecule has 0 bridgehead atoms. The average Bonchev–Trinajstić information content (AvgIpc) is 3.31. The molecule has 1 aliphatic heterocycles. The van der Waals surface area contributed by atoms with Crippen LogP contribution in [0.4, 0.5) is 4.79 Å². The van der Waals surface area contributed by atoms with Gasteiger partial charge in [0.15, 0.2) is 8.32 Å². The number of carbonyl (C=O) groups excluding carboxylic acids is 2. The molecule has 2 aromatic carbocycles. The Morgan fingerprint density at radius 3 is 2.45 bits per heavy atom. The number of likely N-dealkylation sites (N-methyl/N-ethyl adjacent to an activating group) is 1. The zero-order valence-electron chi connectivity index (χ0n) is 24.0. The van der Waals surface area contributed by atoms with Gasteiger partial charge in [0.2, 0.25) is 0 Å². The van der Waals surface area contributed by atoms with E-state index < -0.39 is 14.4 Å². The number of benzene rings is 2. The van der Waals surface area contributed by atoms with Gasteiger partial charge in [0.1, 0.15) is 6.61 Å². The third-order valence-corrected chi connectivity index (χ3v) is 12.2. The Bertz CT molecular complexity index is 1070. The van der Waals surface area contributed by atoms with Crippen LogP contribution < -0.4 is 0 Å². The van der Waals surface area contributed by atoms with Crippen LogP contribution in [0.5, 0.6) is 0 Å². The number of ether oxygens (including phenoxy) is 2. The molecular weight excluding hydrogens is 496 g/mol. The summed E-state index contributed by atoms with van der Waals surface area (Å²) in [4.78, 5) is 29.6. The number of amides is 1. The van der Waals surface area contributed by atoms with Crippen molar-refractivity contribution in [3.8, 4) is 0 Å². The molecular formula is C30H44N2O5Si. The third-order valence-electron chi connectivity index (χ3n) is 7.67. The minimum atomic E-state index is -1.88. The van der Waals surface area contributed by atoms with Gasteiger partial charge in [-0.25, -0.2) is 9.59 Å². The molecule has 0 aromatic heterocycles. The van der Waals surface area contributed by atoms with E-state index >= 15 is 0 Å². The highest BCUT2D eigenvalue weighted by atomic mass is 28.4. The molecule has 8 heteroatoms. The Balaban J connectivity index is 1.77. The number of hydrogen-bond donors (Lipinski definition) is 0. The summed E-state index contributed by atoms with van der Waals surface area (Å²) < 4.78 is 17.6. The SMILES string of the molecule is CCOC(=O)c1cccc(C(CN2CC[C@H](O[Si](C)(C)C(C)(C)C)C2)N(C)C(=O)OCc2ccccc2)c1. The monoisotopic (exact) mass is 540 g/mol. The topological polar surface area (TPSA) is 68.3 Å². The summed E-state index contributed by atoms with van der Waals surface area (Å²) in [5.74, 6) is -0.369. The van der Waals surface area contributed by atoms with Crippen LogP contribution in [-0.2, 0) is 20.5 Å². The van der Waals surface area contributed by atoms with E-state index in [0.717, 1.165) is 30.6 Å². The molecule has 1 amide bonds. The molecule has 0 spiro atoms. The first-order chi connectivity index (χ1) is 17.9. The lowest BCUT2D eigenvalue weighted by atomic mass is 10.0. The summed E-state index contributed by atoms with van der Waals surface area (Å²) in [5.41, 5.74) is 2.27. The van der Waals surface area contributed by atoms with Gasteiger partial charge in [-0.05, 0) is 54.7 Å². The number of rotatable bonds is 10. The Morgan fingerprint density at radius 2 is 1.79 bits per heavy atom. The maximum atomic E-state index is 13.2. The maximum Gasteiger partial charge on any atom is 0.410 e. The van der Waals surface area contributed by atoms with Gasteiger partial charge in [-0.15, -0.1) is 0 Å². The van der Waals surface area contributed by atoms with Crippen LogP contribution in [0, 0.1) is 0 Å². The van der Waals surface area contributed by atoms with E-state index in [0.29, 0.717) is 18.7 Å². The minimum absolute atomic E-state index is 0.152. The summed E-state index contributed by atoms with van der Waals surface area (Å²) in [6.45, 7) is 16.0. The second-order valence-corrected chi connectivity index (χ2v) is 16.3. The van der Waals surface area contributed by atoms with Gasteiger partial charge in [-0.1, -0.05) is 63.2 Å². The van der Waals surface area contributed by atoms with Crippen molar-refractivity contribution in [3.05, 3.63) is 71.3 Å². The van der Waals surface area contributed by atoms with Crippen LogP contribution in [0.2, 0.25) is 18.1 Å². The molecule has 1 heterocycles. The number of hydrogen-bond acceptors (Lipinski definition) is 6. The van der Waals surface area contributed by atoms with Crippen molar-refractivity contribution in [1.29, 1.82) is 0 Å². The molecule has 2 aromatic rings. The zero-order chi connectivity index (χ0) is 27.9. The number of esters is 1. The van der Waals surface area contributed by atoms with Crippen LogP contribution in [0.15, 0.2) is 54.6 Å². The highest BCUT2D eigenvalue weighted by molar-refractivity contribution is 6.74. The van der Waals surface area contributed by atoms with Crippen LogP contribution in [0.3, 0.4) is 0 Å². The van der Waals surface area contributed by atoms with Crippen molar-refractivity contribution in [3.63, 3.8) is 0 Å². The van der Waals surface area contributed by atoms with E-state index in [1.54, 1.807) is 24.9 Å². The molecule has 1 unspecified atom stereocenters. The van der Waals surface area contributed by atoms with E-state index in [2.05, 4.69) is 38.8 Å². The van der Waals surface area contributed by atoms with Crippen molar-refractivity contribution < 1.29 is 23.5 Å². The fraction of sp³-hybridized carbons (Fsp3) is 0.533. The molecule has 2 atom stereocenters. The second kappa shape index (κ2) is 12.9. The van der Waals surface area contributed by atoms with Crippen molar-refractivity contribution in [2.45, 2.75) is 71.0 Å². The lowest BCUT2D eigenvalue weighted by Crippen LogP contribution is -2.45. The standard InChI is InChI=1S/C30H44N2O5Si/c1-8-35-28(33)25-16-12-15-24(19-25)27(31(5)29(34)36-22-23-13-10-9-11-14-23)21-32-18-17-26(20-32)37-38(6,7)30(2,3)4/h9-16,19,26-27H,8,17-18,20-22H2,1-7H3/t26-,27?/m0/s1. The minimum Gasteiger partial charge on any atom is -0.462 e. The largest absolute Gasteiger partial charge is 0.462 e. The molecule has 0 aliphatic carbocycles. The summed E-state index contributed by atoms with van der Waals surface area (Å²) >= 11 is 0. The van der Waals surface area contributed by atoms with Gasteiger partial charge in [0, 0.05) is 26.7 Å². The lowest BCUT2D eigenvalue weighted by molar-refractivity contribution is 0.0526. The second-order valence-electron chi connectivity index (χ2n) is 11.6. The fourth-order valence-corrected chi connectivity index (χ4v) is 5.76. The summed E-state index contributed by atoms with van der Waals surface area (Å²) in [7, 11) is -0.118. The molecule has 1 fully saturated rings. The first-order valence-electron chi connectivity index (χ1n) is 13.5. The summed E-state index contributed by atoms with van der Waals surface area (Å²) in [6.07, 6.45) is 0.732. The van der Waals surface area contributed by atoms with Crippen molar-refractivity contribution in [2.24, 2.45) is 0 Å². The van der Waals surface area contributed by atoms with Gasteiger partial charge in [-0.3, -0.25) is 4.90 Å². The molecule has 1 saturated heterocycles. The first kappa shape index (κ1) is 29.9. The van der Waals surface area contributed by atoms with E-state index in [9.17, 15) is 9.59 Å². The normalized spacial score (nSPS) is 17.2. The number of carbonyl (C=O) groups is 2. The van der Waals surface area contributed by atoms with Crippen LogP contribution in [0.1, 0.15) is 61.6 Å². The van der Waals surface area contributed by atoms with Crippen LogP contribution in [-0.4, -0.2) is 69.6 Å². The molecule has 1 aliphatic rings. The van der Waals surface area contributed by atoms with E-state index in [1.165, 1.54) is 0 Å². The Labute approximate surface area is 229 Å². The van der Waals surface area contributed by atoms with Gasteiger partial charge in [-0.2, -0.15) is 0 Å². The Kier molecular flexibility index (Phi) is 10.1. The molecule has 3 rings (SSSR count). The molecule has 208 valence electrons. The Morgan fingerprint density at radius 1 is 1.08 bits per heavy atom. The average molecular weight is 541 g/mol. The smallest absolute Gasteiger partial charge is 0.410 e. The van der Waals surface area contributed by atoms with Gasteiger partial charge < -0.3 is 18.8 Å². The number of nitrogens with zero attached hydrogens (tertiary/aromatic N) is 2. The van der Waals surface area contributed by atoms with E-state index in [4.69, 9.17) is 13.9 Å². The quantitative estimate of drug-likeness (QED) is 0.261. The van der Waals surface area contributed by atoms with Crippen LogP contribution in [0.25, 0.3) is 0 Å². The molecule has 0 N–H and O–H groups in total. The highest BCUT2D eigenvalue weighted by Crippen LogP contribution is 2.38. The van der Waals surface area contributed by atoms with Gasteiger partial charge in [0.05, 0.1) is 24.3 Å². The summed E-state index contributed by atoms with van der Waals surface area (Å²) in [5, 5.41) is 0.152. The molecule has 0 saturated carbocycles. The third kappa shape index (κ3) is 7.91. The molecule has 38 heavy (non-hydrogen) atoms. The van der Waals surface area contributed by atoms with Crippen molar-refractivity contribution >= 4 is 20.4 Å². The predicted octanol–water partition coefficient (Wildman–Crippen LogP) is 6.27. The molecule has 0 radical (unpaired) electrons. The lowest BCUT2D eigenvalue weighted by Gasteiger charge is -2.38. The van der Waals surface area contributed by atoms with Crippen LogP contribution >= 0.6 is 0 Å². The maximum absolute atomic E-state index is 13.2. The van der Waals surface area contributed by atoms with Crippen molar-refractivity contribution in [1.82, 2.24) is 9.80 Å². The van der Waals surface area contributed by atoms with Crippen molar-refractivity contribution in [2.75, 3.05) is 33.3 Å². The number of likely N-dealkylation sites (tertiary alicyclic amines) is 1. The summed E-state index contributed by atoms with van der Waals surface area (Å²) in [6, 6.07) is 16.7. The Hall–Kier alpha value is -2.68. The highest BCUT2D eigenvalue weighted by Gasteiger charge is 2.41. The first-order valence-corrected chi connectivity index (χ1v) is 16.4. The molecule has 7 nitrogen and oxygen atoms in total. The van der Waals surface area contributed by atoms with Gasteiger partial charge >= 0.3 is 12.1 Å². The van der Waals surface area contributed by atoms with E-state index in [1.807, 2.05) is 48.5 Å². The van der Waals surface area contributed by atoms with E-state index in [-0.39, 0.29) is 29.8 Å². The zero-order valence-corrected chi connectivity index (χ0v) is 25.0. The van der Waals surface area contributed by atoms with Gasteiger partial charge in [0.25, 0.3) is 0 Å². The predicted molar refractivity (Wildman–Crippen MR) is 153 cm³/mol. The fourth-order valence-electron chi connectivity index (χ4n) is 4.38.